The molecule has 1 unspecified atom stereocenters. The molecule has 0 spiro atoms. The second-order valence-corrected chi connectivity index (χ2v) is 10.3. The van der Waals surface area contributed by atoms with Gasteiger partial charge >= 0.3 is 0 Å². The Kier molecular flexibility index (Phi) is 8.07. The molecule has 1 atom stereocenters. The van der Waals surface area contributed by atoms with Gasteiger partial charge in [-0.25, -0.2) is 0 Å². The maximum atomic E-state index is 9.13. The number of thiocarbonyl (C=S) groups is 1. The molecule has 2 aliphatic rings. The number of nitriles is 1. The molecule has 2 aromatic rings. The zero-order valence-electron chi connectivity index (χ0n) is 20.8. The highest BCUT2D eigenvalue weighted by atomic mass is 32.1. The first kappa shape index (κ1) is 24.5. The van der Waals surface area contributed by atoms with E-state index in [1.165, 1.54) is 11.3 Å². The van der Waals surface area contributed by atoms with Gasteiger partial charge in [-0.1, -0.05) is 36.8 Å². The van der Waals surface area contributed by atoms with E-state index in [-0.39, 0.29) is 0 Å². The van der Waals surface area contributed by atoms with Gasteiger partial charge in [0.2, 0.25) is 0 Å². The number of hydrogen-bond acceptors (Lipinski definition) is 5. The Hall–Kier alpha value is -2.62. The Balaban J connectivity index is 1.20. The molecule has 0 saturated carbocycles. The summed E-state index contributed by atoms with van der Waals surface area (Å²) in [5.41, 5.74) is 5.53. The van der Waals surface area contributed by atoms with E-state index in [0.29, 0.717) is 12.0 Å². The molecular weight excluding hydrogens is 438 g/mol. The smallest absolute Gasteiger partial charge is 0.0994 e. The zero-order chi connectivity index (χ0) is 24.1. The van der Waals surface area contributed by atoms with E-state index in [4.69, 9.17) is 17.5 Å². The van der Waals surface area contributed by atoms with Gasteiger partial charge in [0, 0.05) is 69.1 Å². The molecule has 2 fully saturated rings. The number of rotatable bonds is 6. The lowest BCUT2D eigenvalue weighted by molar-refractivity contribution is 0.235. The van der Waals surface area contributed by atoms with Crippen molar-refractivity contribution in [3.05, 3.63) is 59.2 Å². The highest BCUT2D eigenvalue weighted by molar-refractivity contribution is 7.80. The standard InChI is InChI=1S/C28H37N5S/c1-21-4-8-27(9-5-21)32-16-14-31(15-17-32)20-23(3)28(34)33-12-10-25(11-13-33)30-26-7-6-24(19-29)22(2)18-26/h4-9,18,23,25,30H,10-17,20H2,1-3H3. The molecule has 2 aliphatic heterocycles. The number of nitrogens with one attached hydrogen (secondary N) is 1. The van der Waals surface area contributed by atoms with Crippen molar-refractivity contribution >= 4 is 28.6 Å². The predicted molar refractivity (Wildman–Crippen MR) is 146 cm³/mol. The van der Waals surface area contributed by atoms with Crippen LogP contribution < -0.4 is 10.2 Å². The van der Waals surface area contributed by atoms with Gasteiger partial charge in [-0.3, -0.25) is 4.90 Å². The van der Waals surface area contributed by atoms with Crippen molar-refractivity contribution in [2.75, 3.05) is 56.0 Å². The van der Waals surface area contributed by atoms with Gasteiger partial charge in [0.25, 0.3) is 0 Å². The summed E-state index contributed by atoms with van der Waals surface area (Å²) in [4.78, 5) is 8.61. The minimum atomic E-state index is 0.395. The summed E-state index contributed by atoms with van der Waals surface area (Å²) < 4.78 is 0. The summed E-state index contributed by atoms with van der Waals surface area (Å²) in [6, 6.07) is 17.6. The molecule has 4 rings (SSSR count). The Morgan fingerprint density at radius 3 is 2.32 bits per heavy atom. The molecule has 34 heavy (non-hydrogen) atoms. The first-order valence-electron chi connectivity index (χ1n) is 12.5. The molecule has 0 aromatic heterocycles. The van der Waals surface area contributed by atoms with Gasteiger partial charge in [0.15, 0.2) is 0 Å². The van der Waals surface area contributed by atoms with Gasteiger partial charge in [-0.2, -0.15) is 5.26 Å². The van der Waals surface area contributed by atoms with E-state index in [1.54, 1.807) is 0 Å². The SMILES string of the molecule is Cc1ccc(N2CCN(CC(C)C(=S)N3CCC(Nc4ccc(C#N)c(C)c4)CC3)CC2)cc1. The van der Waals surface area contributed by atoms with Crippen LogP contribution in [0, 0.1) is 31.1 Å². The van der Waals surface area contributed by atoms with Crippen LogP contribution in [-0.2, 0) is 0 Å². The molecule has 6 heteroatoms. The van der Waals surface area contributed by atoms with Gasteiger partial charge in [0.1, 0.15) is 0 Å². The third-order valence-electron chi connectivity index (χ3n) is 7.25. The largest absolute Gasteiger partial charge is 0.382 e. The molecule has 2 saturated heterocycles. The quantitative estimate of drug-likeness (QED) is 0.604. The maximum Gasteiger partial charge on any atom is 0.0994 e. The summed E-state index contributed by atoms with van der Waals surface area (Å²) in [5, 5.41) is 12.8. The highest BCUT2D eigenvalue weighted by Crippen LogP contribution is 2.22. The van der Waals surface area contributed by atoms with Crippen LogP contribution in [0.1, 0.15) is 36.5 Å². The third-order valence-corrected chi connectivity index (χ3v) is 7.91. The molecule has 0 radical (unpaired) electrons. The van der Waals surface area contributed by atoms with Crippen LogP contribution in [0.25, 0.3) is 0 Å². The molecule has 2 aromatic carbocycles. The van der Waals surface area contributed by atoms with Crippen molar-refractivity contribution in [3.63, 3.8) is 0 Å². The van der Waals surface area contributed by atoms with Crippen molar-refractivity contribution < 1.29 is 0 Å². The molecular formula is C28H37N5S. The fraction of sp³-hybridized carbons (Fsp3) is 0.500. The van der Waals surface area contributed by atoms with Crippen LogP contribution in [-0.4, -0.2) is 66.6 Å². The maximum absolute atomic E-state index is 9.13. The second-order valence-electron chi connectivity index (χ2n) is 9.91. The molecule has 0 amide bonds. The van der Waals surface area contributed by atoms with Crippen LogP contribution in [0.2, 0.25) is 0 Å². The summed E-state index contributed by atoms with van der Waals surface area (Å²) in [5.74, 6) is 0.395. The Bertz CT molecular complexity index is 1010. The molecule has 180 valence electrons. The van der Waals surface area contributed by atoms with E-state index >= 15 is 0 Å². The van der Waals surface area contributed by atoms with Crippen LogP contribution in [0.3, 0.4) is 0 Å². The number of aryl methyl sites for hydroxylation is 2. The zero-order valence-corrected chi connectivity index (χ0v) is 21.6. The number of anilines is 2. The fourth-order valence-electron chi connectivity index (χ4n) is 5.08. The van der Waals surface area contributed by atoms with Crippen molar-refractivity contribution in [2.24, 2.45) is 5.92 Å². The summed E-state index contributed by atoms with van der Waals surface area (Å²) in [6.45, 7) is 13.8. The summed E-state index contributed by atoms with van der Waals surface area (Å²) >= 11 is 5.93. The van der Waals surface area contributed by atoms with Gasteiger partial charge in [-0.15, -0.1) is 0 Å². The number of piperidine rings is 1. The van der Waals surface area contributed by atoms with Gasteiger partial charge in [-0.05, 0) is 62.6 Å². The van der Waals surface area contributed by atoms with Crippen LogP contribution >= 0.6 is 12.2 Å². The van der Waals surface area contributed by atoms with E-state index in [1.807, 2.05) is 19.1 Å². The number of piperazine rings is 1. The molecule has 5 nitrogen and oxygen atoms in total. The van der Waals surface area contributed by atoms with E-state index in [9.17, 15) is 0 Å². The van der Waals surface area contributed by atoms with E-state index in [0.717, 1.165) is 80.5 Å². The average Bonchev–Trinajstić information content (AvgIpc) is 2.85. The van der Waals surface area contributed by atoms with Crippen molar-refractivity contribution in [1.82, 2.24) is 9.80 Å². The monoisotopic (exact) mass is 475 g/mol. The average molecular weight is 476 g/mol. The second kappa shape index (κ2) is 11.2. The number of nitrogens with zero attached hydrogens (tertiary/aromatic N) is 4. The molecule has 2 heterocycles. The molecule has 0 aliphatic carbocycles. The van der Waals surface area contributed by atoms with Gasteiger partial charge in [0.05, 0.1) is 16.6 Å². The molecule has 1 N–H and O–H groups in total. The lowest BCUT2D eigenvalue weighted by Gasteiger charge is -2.39. The van der Waals surface area contributed by atoms with Crippen molar-refractivity contribution in [1.29, 1.82) is 5.26 Å². The lowest BCUT2D eigenvalue weighted by Crippen LogP contribution is -2.50. The Morgan fingerprint density at radius 1 is 1.03 bits per heavy atom. The normalized spacial score (nSPS) is 18.4. The third kappa shape index (κ3) is 6.08. The van der Waals surface area contributed by atoms with E-state index in [2.05, 4.69) is 70.3 Å². The van der Waals surface area contributed by atoms with Gasteiger partial charge < -0.3 is 15.1 Å². The van der Waals surface area contributed by atoms with Crippen LogP contribution in [0.4, 0.5) is 11.4 Å². The van der Waals surface area contributed by atoms with Crippen molar-refractivity contribution in [2.45, 2.75) is 39.7 Å². The first-order valence-corrected chi connectivity index (χ1v) is 12.9. The molecule has 0 bridgehead atoms. The number of benzene rings is 2. The van der Waals surface area contributed by atoms with Crippen LogP contribution in [0.15, 0.2) is 42.5 Å². The topological polar surface area (TPSA) is 45.5 Å². The Labute approximate surface area is 210 Å². The fourth-order valence-corrected chi connectivity index (χ4v) is 5.34. The van der Waals surface area contributed by atoms with E-state index < -0.39 is 0 Å². The lowest BCUT2D eigenvalue weighted by atomic mass is 10.0. The number of likely N-dealkylation sites (tertiary alicyclic amines) is 1. The minimum Gasteiger partial charge on any atom is -0.382 e. The highest BCUT2D eigenvalue weighted by Gasteiger charge is 2.26. The van der Waals surface area contributed by atoms with Crippen molar-refractivity contribution in [3.8, 4) is 6.07 Å². The number of hydrogen-bond donors (Lipinski definition) is 1. The first-order chi connectivity index (χ1) is 16.4. The van der Waals surface area contributed by atoms with Crippen LogP contribution in [0.5, 0.6) is 0 Å². The summed E-state index contributed by atoms with van der Waals surface area (Å²) in [6.07, 6.45) is 2.17. The summed E-state index contributed by atoms with van der Waals surface area (Å²) in [7, 11) is 0. The Morgan fingerprint density at radius 2 is 1.71 bits per heavy atom. The minimum absolute atomic E-state index is 0.395. The predicted octanol–water partition coefficient (Wildman–Crippen LogP) is 4.84.